The largest absolute Gasteiger partial charge is 0.497 e. The molecule has 236 valence electrons. The highest BCUT2D eigenvalue weighted by Crippen LogP contribution is 2.31. The summed E-state index contributed by atoms with van der Waals surface area (Å²) in [5.41, 5.74) is 6.02. The molecule has 0 saturated carbocycles. The van der Waals surface area contributed by atoms with Crippen LogP contribution in [-0.2, 0) is 0 Å². The summed E-state index contributed by atoms with van der Waals surface area (Å²) < 4.78 is 21.8. The molecule has 0 aliphatic rings. The van der Waals surface area contributed by atoms with Crippen molar-refractivity contribution in [2.75, 3.05) is 14.2 Å². The van der Waals surface area contributed by atoms with Crippen molar-refractivity contribution in [3.8, 4) is 45.5 Å². The molecule has 0 radical (unpaired) electrons. The van der Waals surface area contributed by atoms with Crippen molar-refractivity contribution in [3.63, 3.8) is 0 Å². The van der Waals surface area contributed by atoms with E-state index in [4.69, 9.17) is 42.1 Å². The highest BCUT2D eigenvalue weighted by atomic mass is 35.5. The van der Waals surface area contributed by atoms with Gasteiger partial charge in [-0.3, -0.25) is 0 Å². The summed E-state index contributed by atoms with van der Waals surface area (Å²) in [7, 11) is 3.25. The Kier molecular flexibility index (Phi) is 10.4. The summed E-state index contributed by atoms with van der Waals surface area (Å²) in [5, 5.41) is 0.750. The fourth-order valence-corrected chi connectivity index (χ4v) is 5.06. The van der Waals surface area contributed by atoms with Gasteiger partial charge in [0.05, 0.1) is 48.5 Å². The molecule has 0 amide bonds. The smallest absolute Gasteiger partial charge is 0.156 e. The molecule has 0 aliphatic carbocycles. The first-order chi connectivity index (χ1) is 22.1. The zero-order chi connectivity index (χ0) is 32.8. The lowest BCUT2D eigenvalue weighted by Crippen LogP contribution is -2.05. The second-order valence-electron chi connectivity index (χ2n) is 10.8. The fraction of sp³-hybridized carbons (Fsp3) is 0.222. The van der Waals surface area contributed by atoms with E-state index in [2.05, 4.69) is 19.9 Å². The quantitative estimate of drug-likeness (QED) is 0.160. The lowest BCUT2D eigenvalue weighted by Gasteiger charge is -2.11. The normalized spacial score (nSPS) is 11.0. The van der Waals surface area contributed by atoms with Crippen molar-refractivity contribution in [1.29, 1.82) is 0 Å². The number of halogens is 2. The molecule has 2 heterocycles. The standard InChI is InChI=1S/2C18H17ClN2O2/c2*1-11(2)23-13-6-4-12(5-7-13)17-18(19)21-15-9-8-14(22-3)10-16(15)20-17/h2*4-11H,1-3H3. The third-order valence-corrected chi connectivity index (χ3v) is 7.18. The average Bonchev–Trinajstić information content (AvgIpc) is 3.04. The first-order valence-electron chi connectivity index (χ1n) is 14.7. The monoisotopic (exact) mass is 656 g/mol. The molecule has 0 fully saturated rings. The molecule has 0 atom stereocenters. The van der Waals surface area contributed by atoms with E-state index >= 15 is 0 Å². The van der Waals surface area contributed by atoms with Gasteiger partial charge in [-0.05, 0) is 100 Å². The molecule has 0 N–H and O–H groups in total. The second kappa shape index (κ2) is 14.6. The molecule has 8 nitrogen and oxygen atoms in total. The number of hydrogen-bond acceptors (Lipinski definition) is 8. The Labute approximate surface area is 278 Å². The second-order valence-corrected chi connectivity index (χ2v) is 11.5. The number of methoxy groups -OCH3 is 2. The SMILES string of the molecule is COc1ccc2nc(Cl)c(-c3ccc(OC(C)C)cc3)nc2c1.COc1ccc2nc(Cl)c(-c3ccc(OC(C)C)cc3)nc2c1. The summed E-state index contributed by atoms with van der Waals surface area (Å²) in [6.45, 7) is 7.97. The lowest BCUT2D eigenvalue weighted by atomic mass is 10.1. The summed E-state index contributed by atoms with van der Waals surface area (Å²) in [4.78, 5) is 18.1. The average molecular weight is 658 g/mol. The predicted octanol–water partition coefficient (Wildman–Crippen LogP) is 9.49. The van der Waals surface area contributed by atoms with Crippen molar-refractivity contribution in [3.05, 3.63) is 95.2 Å². The third kappa shape index (κ3) is 7.94. The summed E-state index contributed by atoms with van der Waals surface area (Å²) in [6.07, 6.45) is 0.273. The summed E-state index contributed by atoms with van der Waals surface area (Å²) >= 11 is 12.6. The third-order valence-electron chi connectivity index (χ3n) is 6.66. The van der Waals surface area contributed by atoms with E-state index in [1.54, 1.807) is 14.2 Å². The molecule has 0 bridgehead atoms. The number of fused-ring (bicyclic) bond motifs is 2. The van der Waals surface area contributed by atoms with E-state index in [9.17, 15) is 0 Å². The van der Waals surface area contributed by atoms with Gasteiger partial charge >= 0.3 is 0 Å². The van der Waals surface area contributed by atoms with Crippen molar-refractivity contribution >= 4 is 45.3 Å². The molecule has 10 heteroatoms. The Hall–Kier alpha value is -4.66. The van der Waals surface area contributed by atoms with Crippen LogP contribution in [0.2, 0.25) is 10.3 Å². The van der Waals surface area contributed by atoms with Gasteiger partial charge in [-0.25, -0.2) is 19.9 Å². The number of ether oxygens (including phenoxy) is 4. The Morgan fingerprint density at radius 2 is 0.804 bits per heavy atom. The minimum Gasteiger partial charge on any atom is -0.497 e. The highest BCUT2D eigenvalue weighted by Gasteiger charge is 2.12. The Morgan fingerprint density at radius 3 is 1.13 bits per heavy atom. The van der Waals surface area contributed by atoms with E-state index in [1.807, 2.05) is 113 Å². The van der Waals surface area contributed by atoms with E-state index in [-0.39, 0.29) is 12.2 Å². The van der Waals surface area contributed by atoms with Gasteiger partial charge in [0.15, 0.2) is 10.3 Å². The number of benzene rings is 4. The molecule has 4 aromatic carbocycles. The van der Waals surface area contributed by atoms with Gasteiger partial charge in [-0.2, -0.15) is 0 Å². The Morgan fingerprint density at radius 1 is 0.457 bits per heavy atom. The van der Waals surface area contributed by atoms with Gasteiger partial charge in [0.25, 0.3) is 0 Å². The van der Waals surface area contributed by atoms with E-state index in [0.717, 1.165) is 56.2 Å². The number of aromatic nitrogens is 4. The predicted molar refractivity (Wildman–Crippen MR) is 185 cm³/mol. The molecule has 2 aromatic heterocycles. The molecule has 0 saturated heterocycles. The number of hydrogen-bond donors (Lipinski definition) is 0. The maximum absolute atomic E-state index is 6.30. The van der Waals surface area contributed by atoms with Gasteiger partial charge in [-0.1, -0.05) is 23.2 Å². The molecule has 46 heavy (non-hydrogen) atoms. The van der Waals surface area contributed by atoms with Crippen molar-refractivity contribution in [2.45, 2.75) is 39.9 Å². The molecular weight excluding hydrogens is 623 g/mol. The van der Waals surface area contributed by atoms with Crippen LogP contribution >= 0.6 is 23.2 Å². The first-order valence-corrected chi connectivity index (χ1v) is 15.5. The number of nitrogens with zero attached hydrogens (tertiary/aromatic N) is 4. The molecule has 6 aromatic rings. The van der Waals surface area contributed by atoms with Crippen LogP contribution in [0.5, 0.6) is 23.0 Å². The van der Waals surface area contributed by atoms with Crippen LogP contribution in [0.25, 0.3) is 44.6 Å². The van der Waals surface area contributed by atoms with Gasteiger partial charge in [0, 0.05) is 23.3 Å². The topological polar surface area (TPSA) is 88.5 Å². The zero-order valence-electron chi connectivity index (χ0n) is 26.4. The minimum absolute atomic E-state index is 0.136. The molecule has 0 aliphatic heterocycles. The highest BCUT2D eigenvalue weighted by molar-refractivity contribution is 6.32. The van der Waals surface area contributed by atoms with Crippen LogP contribution in [0.4, 0.5) is 0 Å². The van der Waals surface area contributed by atoms with Crippen LogP contribution in [0.15, 0.2) is 84.9 Å². The van der Waals surface area contributed by atoms with Crippen LogP contribution in [0, 0.1) is 0 Å². The molecule has 0 spiro atoms. The summed E-state index contributed by atoms with van der Waals surface area (Å²) in [6, 6.07) is 26.4. The van der Waals surface area contributed by atoms with Gasteiger partial charge in [0.1, 0.15) is 34.4 Å². The van der Waals surface area contributed by atoms with Gasteiger partial charge < -0.3 is 18.9 Å². The van der Waals surface area contributed by atoms with Crippen molar-refractivity contribution < 1.29 is 18.9 Å². The van der Waals surface area contributed by atoms with Crippen LogP contribution < -0.4 is 18.9 Å². The Bertz CT molecular complexity index is 1810. The van der Waals surface area contributed by atoms with Crippen LogP contribution in [0.3, 0.4) is 0 Å². The first kappa shape index (κ1) is 32.7. The minimum atomic E-state index is 0.136. The molecule has 6 rings (SSSR count). The molecular formula is C36H34Cl2N4O4. The van der Waals surface area contributed by atoms with E-state index in [0.29, 0.717) is 21.7 Å². The number of rotatable bonds is 8. The van der Waals surface area contributed by atoms with E-state index in [1.165, 1.54) is 0 Å². The van der Waals surface area contributed by atoms with Crippen LogP contribution in [0.1, 0.15) is 27.7 Å². The van der Waals surface area contributed by atoms with Gasteiger partial charge in [0.2, 0.25) is 0 Å². The fourth-order valence-electron chi connectivity index (χ4n) is 4.57. The lowest BCUT2D eigenvalue weighted by molar-refractivity contribution is 0.242. The maximum Gasteiger partial charge on any atom is 0.156 e. The van der Waals surface area contributed by atoms with Gasteiger partial charge in [-0.15, -0.1) is 0 Å². The summed E-state index contributed by atoms with van der Waals surface area (Å²) in [5.74, 6) is 3.10. The maximum atomic E-state index is 6.30. The Balaban J connectivity index is 0.000000181. The van der Waals surface area contributed by atoms with Crippen molar-refractivity contribution in [1.82, 2.24) is 19.9 Å². The molecule has 0 unspecified atom stereocenters. The van der Waals surface area contributed by atoms with E-state index < -0.39 is 0 Å². The van der Waals surface area contributed by atoms with Crippen LogP contribution in [-0.4, -0.2) is 46.4 Å². The zero-order valence-corrected chi connectivity index (χ0v) is 27.9. The van der Waals surface area contributed by atoms with Crippen molar-refractivity contribution in [2.24, 2.45) is 0 Å².